The Labute approximate surface area is 121 Å². The Morgan fingerprint density at radius 1 is 1.22 bits per heavy atom. The van der Waals surface area contributed by atoms with Gasteiger partial charge in [-0.2, -0.15) is 0 Å². The molecule has 0 fully saturated rings. The number of nitrogens with two attached hydrogens (primary N) is 1. The molecule has 1 aromatic carbocycles. The predicted molar refractivity (Wildman–Crippen MR) is 79.4 cm³/mol. The lowest BCUT2D eigenvalue weighted by Gasteiger charge is -1.95. The lowest BCUT2D eigenvalue weighted by Crippen LogP contribution is -1.86. The van der Waals surface area contributed by atoms with Crippen LogP contribution < -0.4 is 5.73 Å². The fourth-order valence-corrected chi connectivity index (χ4v) is 2.46. The van der Waals surface area contributed by atoms with E-state index in [0.29, 0.717) is 10.8 Å². The van der Waals surface area contributed by atoms with Crippen molar-refractivity contribution in [2.24, 2.45) is 0 Å². The van der Waals surface area contributed by atoms with Gasteiger partial charge in [0.15, 0.2) is 10.3 Å². The fraction of sp³-hybridized carbons (Fsp3) is 0. The summed E-state index contributed by atoms with van der Waals surface area (Å²) in [6.07, 6.45) is 3.55. The zero-order chi connectivity index (χ0) is 12.5. The van der Waals surface area contributed by atoms with Crippen molar-refractivity contribution >= 4 is 51.1 Å². The number of aromatic nitrogens is 4. The summed E-state index contributed by atoms with van der Waals surface area (Å²) in [6, 6.07) is 5.58. The van der Waals surface area contributed by atoms with Crippen LogP contribution >= 0.6 is 34.4 Å². The summed E-state index contributed by atoms with van der Waals surface area (Å²) >= 11 is 3.57. The molecule has 0 aliphatic heterocycles. The molecular weight excluding hydrogens is 361 g/mol. The van der Waals surface area contributed by atoms with Gasteiger partial charge in [0.25, 0.3) is 0 Å². The molecule has 0 unspecified atom stereocenters. The van der Waals surface area contributed by atoms with Gasteiger partial charge in [-0.1, -0.05) is 0 Å². The van der Waals surface area contributed by atoms with Gasteiger partial charge >= 0.3 is 0 Å². The largest absolute Gasteiger partial charge is 0.399 e. The Balaban J connectivity index is 1.92. The number of nitrogens with one attached hydrogen (secondary N) is 1. The first-order valence-corrected chi connectivity index (χ1v) is 7.01. The number of imidazole rings is 1. The number of hydrogen-bond donors (Lipinski definition) is 2. The summed E-state index contributed by atoms with van der Waals surface area (Å²) in [5.74, 6) is 0. The predicted octanol–water partition coefficient (Wildman–Crippen LogP) is 2.69. The molecule has 5 nitrogen and oxygen atoms in total. The number of anilines is 1. The SMILES string of the molecule is Nc1ccc2nc(Sc3ncc(I)cn3)[nH]c2c1. The van der Waals surface area contributed by atoms with Crippen molar-refractivity contribution in [1.82, 2.24) is 19.9 Å². The van der Waals surface area contributed by atoms with Crippen molar-refractivity contribution in [3.05, 3.63) is 34.2 Å². The molecule has 0 aliphatic rings. The monoisotopic (exact) mass is 369 g/mol. The molecule has 3 aromatic rings. The molecular formula is C11H8IN5S. The van der Waals surface area contributed by atoms with Crippen molar-refractivity contribution < 1.29 is 0 Å². The molecule has 90 valence electrons. The Morgan fingerprint density at radius 2 is 2.00 bits per heavy atom. The smallest absolute Gasteiger partial charge is 0.195 e. The van der Waals surface area contributed by atoms with E-state index in [0.717, 1.165) is 19.8 Å². The van der Waals surface area contributed by atoms with E-state index < -0.39 is 0 Å². The topological polar surface area (TPSA) is 80.5 Å². The third kappa shape index (κ3) is 2.41. The number of halogens is 1. The van der Waals surface area contributed by atoms with Crippen LogP contribution in [0.3, 0.4) is 0 Å². The van der Waals surface area contributed by atoms with Gasteiger partial charge in [0.2, 0.25) is 0 Å². The highest BCUT2D eigenvalue weighted by Gasteiger charge is 2.06. The van der Waals surface area contributed by atoms with Crippen LogP contribution in [0.25, 0.3) is 11.0 Å². The zero-order valence-corrected chi connectivity index (χ0v) is 12.1. The van der Waals surface area contributed by atoms with Crippen molar-refractivity contribution in [1.29, 1.82) is 0 Å². The normalized spacial score (nSPS) is 10.9. The van der Waals surface area contributed by atoms with E-state index in [-0.39, 0.29) is 0 Å². The fourth-order valence-electron chi connectivity index (χ4n) is 1.49. The third-order valence-corrected chi connectivity index (χ3v) is 3.61. The maximum absolute atomic E-state index is 5.72. The second kappa shape index (κ2) is 4.73. The Bertz CT molecular complexity index is 694. The standard InChI is InChI=1S/C11H8IN5S/c12-6-4-14-10(15-5-6)18-11-16-8-2-1-7(13)3-9(8)17-11/h1-5H,13H2,(H,16,17). The molecule has 0 bridgehead atoms. The molecule has 3 N–H and O–H groups in total. The minimum absolute atomic E-state index is 0.669. The summed E-state index contributed by atoms with van der Waals surface area (Å²) in [5, 5.41) is 1.43. The van der Waals surface area contributed by atoms with Crippen LogP contribution in [0.15, 0.2) is 40.9 Å². The summed E-state index contributed by atoms with van der Waals surface area (Å²) < 4.78 is 1.01. The van der Waals surface area contributed by atoms with E-state index in [1.165, 1.54) is 11.8 Å². The molecule has 0 saturated heterocycles. The molecule has 0 saturated carbocycles. The summed E-state index contributed by atoms with van der Waals surface area (Å²) in [4.78, 5) is 16.1. The second-order valence-corrected chi connectivity index (χ2v) is 5.81. The van der Waals surface area contributed by atoms with Crippen molar-refractivity contribution in [3.8, 4) is 0 Å². The minimum atomic E-state index is 0.669. The van der Waals surface area contributed by atoms with Crippen LogP contribution in [0.5, 0.6) is 0 Å². The molecule has 18 heavy (non-hydrogen) atoms. The number of hydrogen-bond acceptors (Lipinski definition) is 5. The average Bonchev–Trinajstić information content (AvgIpc) is 2.73. The van der Waals surface area contributed by atoms with Gasteiger partial charge in [0.05, 0.1) is 11.0 Å². The van der Waals surface area contributed by atoms with E-state index in [9.17, 15) is 0 Å². The Kier molecular flexibility index (Phi) is 3.08. The van der Waals surface area contributed by atoms with Crippen LogP contribution in [0.2, 0.25) is 0 Å². The number of H-pyrrole nitrogens is 1. The van der Waals surface area contributed by atoms with Crippen LogP contribution in [0.1, 0.15) is 0 Å². The van der Waals surface area contributed by atoms with E-state index in [4.69, 9.17) is 5.73 Å². The summed E-state index contributed by atoms with van der Waals surface area (Å²) in [7, 11) is 0. The highest BCUT2D eigenvalue weighted by molar-refractivity contribution is 14.1. The number of fused-ring (bicyclic) bond motifs is 1. The number of rotatable bonds is 2. The van der Waals surface area contributed by atoms with Crippen molar-refractivity contribution in [2.75, 3.05) is 5.73 Å². The highest BCUT2D eigenvalue weighted by atomic mass is 127. The van der Waals surface area contributed by atoms with Gasteiger partial charge in [-0.05, 0) is 52.6 Å². The number of benzene rings is 1. The van der Waals surface area contributed by atoms with Crippen LogP contribution in [-0.4, -0.2) is 19.9 Å². The van der Waals surface area contributed by atoms with E-state index in [1.54, 1.807) is 12.4 Å². The molecule has 2 aromatic heterocycles. The molecule has 2 heterocycles. The molecule has 0 atom stereocenters. The summed E-state index contributed by atoms with van der Waals surface area (Å²) in [5.41, 5.74) is 8.24. The van der Waals surface area contributed by atoms with Crippen LogP contribution in [0, 0.1) is 3.57 Å². The van der Waals surface area contributed by atoms with Crippen molar-refractivity contribution in [3.63, 3.8) is 0 Å². The van der Waals surface area contributed by atoms with E-state index in [2.05, 4.69) is 42.5 Å². The first-order valence-electron chi connectivity index (χ1n) is 5.11. The zero-order valence-electron chi connectivity index (χ0n) is 9.09. The van der Waals surface area contributed by atoms with Crippen LogP contribution in [-0.2, 0) is 0 Å². The Morgan fingerprint density at radius 3 is 2.78 bits per heavy atom. The van der Waals surface area contributed by atoms with E-state index in [1.807, 2.05) is 18.2 Å². The maximum Gasteiger partial charge on any atom is 0.195 e. The first kappa shape index (κ1) is 11.7. The number of nitrogens with zero attached hydrogens (tertiary/aromatic N) is 3. The second-order valence-electron chi connectivity index (χ2n) is 3.60. The van der Waals surface area contributed by atoms with Gasteiger partial charge in [-0.25, -0.2) is 15.0 Å². The van der Waals surface area contributed by atoms with Gasteiger partial charge in [-0.3, -0.25) is 0 Å². The van der Waals surface area contributed by atoms with Gasteiger partial charge in [-0.15, -0.1) is 0 Å². The molecule has 0 amide bonds. The van der Waals surface area contributed by atoms with Gasteiger partial charge in [0, 0.05) is 21.7 Å². The van der Waals surface area contributed by atoms with Crippen molar-refractivity contribution in [2.45, 2.75) is 10.3 Å². The van der Waals surface area contributed by atoms with E-state index >= 15 is 0 Å². The Hall–Kier alpha value is -1.35. The summed E-state index contributed by atoms with van der Waals surface area (Å²) in [6.45, 7) is 0. The van der Waals surface area contributed by atoms with Gasteiger partial charge in [0.1, 0.15) is 0 Å². The molecule has 7 heteroatoms. The molecule has 0 radical (unpaired) electrons. The quantitative estimate of drug-likeness (QED) is 0.413. The highest BCUT2D eigenvalue weighted by Crippen LogP contribution is 2.25. The maximum atomic E-state index is 5.72. The van der Waals surface area contributed by atoms with Gasteiger partial charge < -0.3 is 10.7 Å². The molecule has 3 rings (SSSR count). The van der Waals surface area contributed by atoms with Crippen LogP contribution in [0.4, 0.5) is 5.69 Å². The molecule has 0 aliphatic carbocycles. The molecule has 0 spiro atoms. The minimum Gasteiger partial charge on any atom is -0.399 e. The average molecular weight is 369 g/mol. The number of aromatic amines is 1. The third-order valence-electron chi connectivity index (χ3n) is 2.27. The number of nitrogen functional groups attached to an aromatic ring is 1. The lowest BCUT2D eigenvalue weighted by atomic mass is 10.3. The first-order chi connectivity index (χ1) is 8.70. The lowest BCUT2D eigenvalue weighted by molar-refractivity contribution is 0.945.